The van der Waals surface area contributed by atoms with Crippen LogP contribution in [-0.4, -0.2) is 48.3 Å². The van der Waals surface area contributed by atoms with E-state index < -0.39 is 45.3 Å². The molecule has 1 fully saturated rings. The second-order valence-corrected chi connectivity index (χ2v) is 6.40. The summed E-state index contributed by atoms with van der Waals surface area (Å²) in [6, 6.07) is 2.82. The summed E-state index contributed by atoms with van der Waals surface area (Å²) in [5.41, 5.74) is -0.294. The number of carboxylic acids is 1. The average Bonchev–Trinajstić information content (AvgIpc) is 2.51. The number of ether oxygens (including phenoxy) is 1. The van der Waals surface area contributed by atoms with Crippen molar-refractivity contribution >= 4 is 15.8 Å². The van der Waals surface area contributed by atoms with Crippen molar-refractivity contribution in [2.45, 2.75) is 12.2 Å². The van der Waals surface area contributed by atoms with Crippen molar-refractivity contribution in [3.63, 3.8) is 0 Å². The van der Waals surface area contributed by atoms with Gasteiger partial charge in [-0.1, -0.05) is 0 Å². The molecule has 0 saturated carbocycles. The molecule has 0 spiro atoms. The highest BCUT2D eigenvalue weighted by atomic mass is 32.2. The number of aromatic carboxylic acids is 1. The van der Waals surface area contributed by atoms with Gasteiger partial charge in [-0.3, -0.25) is 0 Å². The molecule has 0 aliphatic carbocycles. The maximum Gasteiger partial charge on any atom is 0.339 e. The molecule has 1 heterocycles. The Hall–Kier alpha value is -1.67. The van der Waals surface area contributed by atoms with Crippen LogP contribution in [0.3, 0.4) is 0 Å². The van der Waals surface area contributed by atoms with Gasteiger partial charge in [0.15, 0.2) is 9.84 Å². The summed E-state index contributed by atoms with van der Waals surface area (Å²) in [5.74, 6) is -3.21. The number of carbonyl (C=O) groups is 1. The van der Waals surface area contributed by atoms with Gasteiger partial charge in [0, 0.05) is 6.07 Å². The van der Waals surface area contributed by atoms with Gasteiger partial charge in [0.25, 0.3) is 0 Å². The van der Waals surface area contributed by atoms with E-state index in [2.05, 4.69) is 0 Å². The number of carboxylic acid groups (broad SMARTS) is 1. The summed E-state index contributed by atoms with van der Waals surface area (Å²) in [4.78, 5) is 10.9. The van der Waals surface area contributed by atoms with Gasteiger partial charge in [0.1, 0.15) is 29.3 Å². The molecule has 2 N–H and O–H groups in total. The Bertz CT molecular complexity index is 612. The summed E-state index contributed by atoms with van der Waals surface area (Å²) >= 11 is 0. The number of hydrogen-bond donors (Lipinski definition) is 2. The van der Waals surface area contributed by atoms with Crippen LogP contribution in [0.25, 0.3) is 0 Å². The second kappa shape index (κ2) is 4.78. The molecule has 1 aromatic carbocycles. The second-order valence-electron chi connectivity index (χ2n) is 4.25. The van der Waals surface area contributed by atoms with E-state index in [0.717, 1.165) is 18.2 Å². The first-order valence-corrected chi connectivity index (χ1v) is 7.18. The first-order chi connectivity index (χ1) is 8.78. The van der Waals surface area contributed by atoms with Crippen LogP contribution in [-0.2, 0) is 9.84 Å². The molecule has 19 heavy (non-hydrogen) atoms. The van der Waals surface area contributed by atoms with Crippen molar-refractivity contribution < 1.29 is 32.6 Å². The van der Waals surface area contributed by atoms with Crippen molar-refractivity contribution in [3.05, 3.63) is 29.6 Å². The Morgan fingerprint density at radius 1 is 1.37 bits per heavy atom. The van der Waals surface area contributed by atoms with Gasteiger partial charge in [0.2, 0.25) is 0 Å². The molecule has 0 bridgehead atoms. The van der Waals surface area contributed by atoms with Crippen LogP contribution in [0.15, 0.2) is 18.2 Å². The Morgan fingerprint density at radius 2 is 2.05 bits per heavy atom. The third-order valence-corrected chi connectivity index (χ3v) is 4.41. The van der Waals surface area contributed by atoms with E-state index in [9.17, 15) is 22.7 Å². The van der Waals surface area contributed by atoms with Crippen molar-refractivity contribution in [1.82, 2.24) is 0 Å². The average molecular weight is 290 g/mol. The van der Waals surface area contributed by atoms with Crippen LogP contribution >= 0.6 is 0 Å². The van der Waals surface area contributed by atoms with Crippen LogP contribution in [0.5, 0.6) is 5.75 Å². The molecule has 1 aromatic rings. The number of benzene rings is 1. The number of aliphatic hydroxyl groups is 1. The van der Waals surface area contributed by atoms with Crippen molar-refractivity contribution in [1.29, 1.82) is 0 Å². The Morgan fingerprint density at radius 3 is 2.58 bits per heavy atom. The predicted molar refractivity (Wildman–Crippen MR) is 62.4 cm³/mol. The number of sulfone groups is 1. The molecule has 1 aliphatic heterocycles. The standard InChI is InChI=1S/C11H11FO6S/c12-6-1-2-7(11(14)15)9(3-6)18-10-5-19(16,17)4-8(10)13/h1-3,8,10,13H,4-5H2,(H,14,15). The van der Waals surface area contributed by atoms with Crippen LogP contribution in [0, 0.1) is 5.82 Å². The largest absolute Gasteiger partial charge is 0.486 e. The highest BCUT2D eigenvalue weighted by Crippen LogP contribution is 2.25. The highest BCUT2D eigenvalue weighted by molar-refractivity contribution is 7.91. The molecule has 1 aliphatic rings. The topological polar surface area (TPSA) is 101 Å². The Balaban J connectivity index is 2.29. The van der Waals surface area contributed by atoms with Crippen molar-refractivity contribution in [2.24, 2.45) is 0 Å². The lowest BCUT2D eigenvalue weighted by Crippen LogP contribution is -2.30. The molecule has 0 radical (unpaired) electrons. The monoisotopic (exact) mass is 290 g/mol. The number of aliphatic hydroxyl groups excluding tert-OH is 1. The Labute approximate surface area is 108 Å². The molecule has 1 saturated heterocycles. The highest BCUT2D eigenvalue weighted by Gasteiger charge is 2.38. The molecule has 2 unspecified atom stereocenters. The maximum atomic E-state index is 13.1. The minimum atomic E-state index is -3.42. The van der Waals surface area contributed by atoms with Crippen LogP contribution in [0.1, 0.15) is 10.4 Å². The normalized spacial score (nSPS) is 25.2. The smallest absolute Gasteiger partial charge is 0.339 e. The molecule has 104 valence electrons. The van der Waals surface area contributed by atoms with Gasteiger partial charge in [-0.2, -0.15) is 0 Å². The molecule has 2 rings (SSSR count). The van der Waals surface area contributed by atoms with E-state index in [0.29, 0.717) is 0 Å². The third-order valence-electron chi connectivity index (χ3n) is 2.72. The number of rotatable bonds is 3. The fraction of sp³-hybridized carbons (Fsp3) is 0.364. The minimum Gasteiger partial charge on any atom is -0.486 e. The van der Waals surface area contributed by atoms with Crippen molar-refractivity contribution in [3.8, 4) is 5.75 Å². The molecule has 2 atom stereocenters. The molecule has 8 heteroatoms. The van der Waals surface area contributed by atoms with Crippen LogP contribution in [0.2, 0.25) is 0 Å². The minimum absolute atomic E-state index is 0.294. The number of hydrogen-bond acceptors (Lipinski definition) is 5. The summed E-state index contributed by atoms with van der Waals surface area (Å²) in [6.45, 7) is 0. The number of halogens is 1. The zero-order valence-corrected chi connectivity index (χ0v) is 10.4. The molecule has 0 aromatic heterocycles. The first-order valence-electron chi connectivity index (χ1n) is 5.36. The van der Waals surface area contributed by atoms with Crippen molar-refractivity contribution in [2.75, 3.05) is 11.5 Å². The zero-order chi connectivity index (χ0) is 14.2. The van der Waals surface area contributed by atoms with E-state index in [4.69, 9.17) is 9.84 Å². The van der Waals surface area contributed by atoms with Gasteiger partial charge in [-0.05, 0) is 12.1 Å². The molecular formula is C11H11FO6S. The van der Waals surface area contributed by atoms with Gasteiger partial charge < -0.3 is 14.9 Å². The SMILES string of the molecule is O=C(O)c1ccc(F)cc1OC1CS(=O)(=O)CC1O. The fourth-order valence-electron chi connectivity index (χ4n) is 1.84. The summed E-state index contributed by atoms with van der Waals surface area (Å²) < 4.78 is 40.8. The van der Waals surface area contributed by atoms with E-state index >= 15 is 0 Å². The van der Waals surface area contributed by atoms with E-state index in [1.165, 1.54) is 0 Å². The van der Waals surface area contributed by atoms with Crippen LogP contribution < -0.4 is 4.74 Å². The lowest BCUT2D eigenvalue weighted by atomic mass is 10.2. The van der Waals surface area contributed by atoms with Gasteiger partial charge >= 0.3 is 5.97 Å². The molecule has 6 nitrogen and oxygen atoms in total. The van der Waals surface area contributed by atoms with Gasteiger partial charge in [0.05, 0.1) is 11.5 Å². The fourth-order valence-corrected chi connectivity index (χ4v) is 3.50. The van der Waals surface area contributed by atoms with Crippen LogP contribution in [0.4, 0.5) is 4.39 Å². The van der Waals surface area contributed by atoms with Gasteiger partial charge in [-0.25, -0.2) is 17.6 Å². The lowest BCUT2D eigenvalue weighted by Gasteiger charge is -2.17. The summed E-state index contributed by atoms with van der Waals surface area (Å²) in [6.07, 6.45) is -2.35. The summed E-state index contributed by atoms with van der Waals surface area (Å²) in [5, 5.41) is 18.5. The zero-order valence-electron chi connectivity index (χ0n) is 9.61. The quantitative estimate of drug-likeness (QED) is 0.816. The maximum absolute atomic E-state index is 13.1. The lowest BCUT2D eigenvalue weighted by molar-refractivity contribution is 0.0634. The first kappa shape index (κ1) is 13.8. The van der Waals surface area contributed by atoms with Gasteiger partial charge in [-0.15, -0.1) is 0 Å². The van der Waals surface area contributed by atoms with E-state index in [1.54, 1.807) is 0 Å². The summed E-state index contributed by atoms with van der Waals surface area (Å²) in [7, 11) is -3.42. The third kappa shape index (κ3) is 3.02. The predicted octanol–water partition coefficient (Wildman–Crippen LogP) is 0.0606. The van der Waals surface area contributed by atoms with E-state index in [-0.39, 0.29) is 11.3 Å². The molecular weight excluding hydrogens is 279 g/mol. The van der Waals surface area contributed by atoms with E-state index in [1.807, 2.05) is 0 Å². The molecule has 0 amide bonds. The Kier molecular flexibility index (Phi) is 3.46.